The van der Waals surface area contributed by atoms with Crippen molar-refractivity contribution in [2.45, 2.75) is 51.5 Å². The third-order valence-electron chi connectivity index (χ3n) is 5.14. The standard InChI is InChI=1S/C17H23NO/c1-13-7-9-17(10-8-13)12-16(19)18-15(17)11-14-5-3-2-4-6-14/h2-6,13,15H,7-12H2,1H3,(H,18,19). The summed E-state index contributed by atoms with van der Waals surface area (Å²) in [5.74, 6) is 1.09. The van der Waals surface area contributed by atoms with Crippen LogP contribution in [0.1, 0.15) is 44.6 Å². The highest BCUT2D eigenvalue weighted by Crippen LogP contribution is 2.47. The van der Waals surface area contributed by atoms with Crippen molar-refractivity contribution in [2.75, 3.05) is 0 Å². The first-order chi connectivity index (χ1) is 9.18. The Labute approximate surface area is 115 Å². The number of carbonyl (C=O) groups excluding carboxylic acids is 1. The van der Waals surface area contributed by atoms with Crippen molar-refractivity contribution in [3.63, 3.8) is 0 Å². The maximum Gasteiger partial charge on any atom is 0.220 e. The molecule has 2 fully saturated rings. The van der Waals surface area contributed by atoms with Gasteiger partial charge < -0.3 is 5.32 Å². The fourth-order valence-corrected chi connectivity index (χ4v) is 3.82. The van der Waals surface area contributed by atoms with Gasteiger partial charge in [-0.25, -0.2) is 0 Å². The van der Waals surface area contributed by atoms with Crippen LogP contribution in [0.5, 0.6) is 0 Å². The molecule has 0 aromatic heterocycles. The van der Waals surface area contributed by atoms with Gasteiger partial charge in [-0.3, -0.25) is 4.79 Å². The van der Waals surface area contributed by atoms with Crippen molar-refractivity contribution in [3.05, 3.63) is 35.9 Å². The van der Waals surface area contributed by atoms with Gasteiger partial charge in [0.15, 0.2) is 0 Å². The molecule has 1 amide bonds. The number of nitrogens with one attached hydrogen (secondary N) is 1. The summed E-state index contributed by atoms with van der Waals surface area (Å²) in [5.41, 5.74) is 1.58. The third-order valence-corrected chi connectivity index (χ3v) is 5.14. The van der Waals surface area contributed by atoms with Crippen molar-refractivity contribution < 1.29 is 4.79 Å². The molecule has 1 saturated heterocycles. The number of carbonyl (C=O) groups is 1. The second-order valence-corrected chi connectivity index (χ2v) is 6.53. The summed E-state index contributed by atoms with van der Waals surface area (Å²) in [6.07, 6.45) is 6.72. The molecular formula is C17H23NO. The lowest BCUT2D eigenvalue weighted by Gasteiger charge is -2.39. The van der Waals surface area contributed by atoms with Crippen LogP contribution in [0.25, 0.3) is 0 Å². The monoisotopic (exact) mass is 257 g/mol. The minimum absolute atomic E-state index is 0.236. The molecule has 0 bridgehead atoms. The molecule has 2 aliphatic rings. The molecule has 1 saturated carbocycles. The van der Waals surface area contributed by atoms with E-state index in [9.17, 15) is 4.79 Å². The maximum absolute atomic E-state index is 11.9. The molecule has 2 heteroatoms. The average molecular weight is 257 g/mol. The topological polar surface area (TPSA) is 29.1 Å². The molecule has 3 rings (SSSR count). The quantitative estimate of drug-likeness (QED) is 0.865. The molecule has 1 aromatic carbocycles. The number of hydrogen-bond donors (Lipinski definition) is 1. The van der Waals surface area contributed by atoms with Gasteiger partial charge in [0.25, 0.3) is 0 Å². The Morgan fingerprint density at radius 3 is 2.58 bits per heavy atom. The van der Waals surface area contributed by atoms with Gasteiger partial charge in [0.2, 0.25) is 5.91 Å². The van der Waals surface area contributed by atoms with Crippen molar-refractivity contribution in [3.8, 4) is 0 Å². The Morgan fingerprint density at radius 2 is 1.89 bits per heavy atom. The van der Waals surface area contributed by atoms with Gasteiger partial charge in [-0.1, -0.05) is 50.1 Å². The number of amides is 1. The van der Waals surface area contributed by atoms with E-state index in [0.29, 0.717) is 6.04 Å². The summed E-state index contributed by atoms with van der Waals surface area (Å²) in [7, 11) is 0. The first-order valence-corrected chi connectivity index (χ1v) is 7.51. The first kappa shape index (κ1) is 12.7. The van der Waals surface area contributed by atoms with E-state index < -0.39 is 0 Å². The van der Waals surface area contributed by atoms with Crippen molar-refractivity contribution >= 4 is 5.91 Å². The van der Waals surface area contributed by atoms with Crippen LogP contribution in [-0.2, 0) is 11.2 Å². The predicted octanol–water partition coefficient (Wildman–Crippen LogP) is 3.31. The van der Waals surface area contributed by atoms with Crippen molar-refractivity contribution in [1.29, 1.82) is 0 Å². The van der Waals surface area contributed by atoms with Gasteiger partial charge in [0.1, 0.15) is 0 Å². The fourth-order valence-electron chi connectivity index (χ4n) is 3.82. The molecular weight excluding hydrogens is 234 g/mol. The highest BCUT2D eigenvalue weighted by atomic mass is 16.2. The molecule has 1 atom stereocenters. The summed E-state index contributed by atoms with van der Waals surface area (Å²) >= 11 is 0. The summed E-state index contributed by atoms with van der Waals surface area (Å²) < 4.78 is 0. The molecule has 0 radical (unpaired) electrons. The van der Waals surface area contributed by atoms with Crippen LogP contribution in [-0.4, -0.2) is 11.9 Å². The highest BCUT2D eigenvalue weighted by Gasteiger charge is 2.47. The molecule has 1 heterocycles. The Bertz CT molecular complexity index is 446. The van der Waals surface area contributed by atoms with E-state index in [1.54, 1.807) is 0 Å². The molecule has 19 heavy (non-hydrogen) atoms. The van der Waals surface area contributed by atoms with Crippen LogP contribution in [0.4, 0.5) is 0 Å². The lowest BCUT2D eigenvalue weighted by atomic mass is 9.65. The molecule has 1 N–H and O–H groups in total. The smallest absolute Gasteiger partial charge is 0.220 e. The minimum atomic E-state index is 0.236. The Hall–Kier alpha value is -1.31. The minimum Gasteiger partial charge on any atom is -0.352 e. The van der Waals surface area contributed by atoms with E-state index in [0.717, 1.165) is 18.8 Å². The van der Waals surface area contributed by atoms with Crippen molar-refractivity contribution in [2.24, 2.45) is 11.3 Å². The zero-order chi connectivity index (χ0) is 13.3. The number of benzene rings is 1. The van der Waals surface area contributed by atoms with E-state index >= 15 is 0 Å². The van der Waals surface area contributed by atoms with Gasteiger partial charge >= 0.3 is 0 Å². The van der Waals surface area contributed by atoms with Gasteiger partial charge in [-0.15, -0.1) is 0 Å². The van der Waals surface area contributed by atoms with E-state index in [-0.39, 0.29) is 11.3 Å². The zero-order valence-electron chi connectivity index (χ0n) is 11.7. The third kappa shape index (κ3) is 2.54. The van der Waals surface area contributed by atoms with Gasteiger partial charge in [-0.05, 0) is 36.2 Å². The Kier molecular flexibility index (Phi) is 3.34. The summed E-state index contributed by atoms with van der Waals surface area (Å²) in [5, 5.41) is 3.24. The summed E-state index contributed by atoms with van der Waals surface area (Å²) in [6, 6.07) is 10.9. The average Bonchev–Trinajstić information content (AvgIpc) is 2.71. The summed E-state index contributed by atoms with van der Waals surface area (Å²) in [4.78, 5) is 11.9. The van der Waals surface area contributed by atoms with E-state index in [1.807, 2.05) is 0 Å². The molecule has 1 spiro atoms. The van der Waals surface area contributed by atoms with Gasteiger partial charge in [-0.2, -0.15) is 0 Å². The lowest BCUT2D eigenvalue weighted by Crippen LogP contribution is -2.41. The second kappa shape index (κ2) is 4.99. The maximum atomic E-state index is 11.9. The van der Waals surface area contributed by atoms with E-state index in [2.05, 4.69) is 42.6 Å². The van der Waals surface area contributed by atoms with Crippen LogP contribution >= 0.6 is 0 Å². The van der Waals surface area contributed by atoms with Gasteiger partial charge in [0, 0.05) is 12.5 Å². The predicted molar refractivity (Wildman–Crippen MR) is 76.8 cm³/mol. The van der Waals surface area contributed by atoms with Gasteiger partial charge in [0.05, 0.1) is 0 Å². The summed E-state index contributed by atoms with van der Waals surface area (Å²) in [6.45, 7) is 2.34. The molecule has 1 unspecified atom stereocenters. The number of rotatable bonds is 2. The normalized spacial score (nSPS) is 34.5. The van der Waals surface area contributed by atoms with E-state index in [1.165, 1.54) is 31.2 Å². The highest BCUT2D eigenvalue weighted by molar-refractivity contribution is 5.80. The lowest BCUT2D eigenvalue weighted by molar-refractivity contribution is -0.119. The molecule has 1 aliphatic heterocycles. The van der Waals surface area contributed by atoms with Crippen LogP contribution in [0, 0.1) is 11.3 Å². The van der Waals surface area contributed by atoms with Crippen LogP contribution < -0.4 is 5.32 Å². The van der Waals surface area contributed by atoms with Crippen molar-refractivity contribution in [1.82, 2.24) is 5.32 Å². The van der Waals surface area contributed by atoms with Crippen LogP contribution in [0.3, 0.4) is 0 Å². The number of hydrogen-bond acceptors (Lipinski definition) is 1. The van der Waals surface area contributed by atoms with E-state index in [4.69, 9.17) is 0 Å². The molecule has 1 aliphatic carbocycles. The first-order valence-electron chi connectivity index (χ1n) is 7.51. The molecule has 102 valence electrons. The zero-order valence-corrected chi connectivity index (χ0v) is 11.7. The molecule has 2 nitrogen and oxygen atoms in total. The largest absolute Gasteiger partial charge is 0.352 e. The molecule has 1 aromatic rings. The Morgan fingerprint density at radius 1 is 1.21 bits per heavy atom. The van der Waals surface area contributed by atoms with Crippen LogP contribution in [0.15, 0.2) is 30.3 Å². The fraction of sp³-hybridized carbons (Fsp3) is 0.588. The SMILES string of the molecule is CC1CCC2(CC1)CC(=O)NC2Cc1ccccc1. The van der Waals surface area contributed by atoms with Crippen LogP contribution in [0.2, 0.25) is 0 Å². The Balaban J connectivity index is 1.77. The second-order valence-electron chi connectivity index (χ2n) is 6.53.